The number of rotatable bonds is 4. The van der Waals surface area contributed by atoms with Crippen molar-refractivity contribution in [2.24, 2.45) is 0 Å². The van der Waals surface area contributed by atoms with Gasteiger partial charge in [-0.3, -0.25) is 4.90 Å². The van der Waals surface area contributed by atoms with Crippen LogP contribution in [0.2, 0.25) is 0 Å². The predicted molar refractivity (Wildman–Crippen MR) is 55.3 cm³/mol. The zero-order chi connectivity index (χ0) is 10.7. The van der Waals surface area contributed by atoms with Crippen LogP contribution < -0.4 is 0 Å². The van der Waals surface area contributed by atoms with Gasteiger partial charge >= 0.3 is 0 Å². The Kier molecular flexibility index (Phi) is 3.41. The summed E-state index contributed by atoms with van der Waals surface area (Å²) in [7, 11) is 0. The van der Waals surface area contributed by atoms with Crippen LogP contribution >= 0.6 is 0 Å². The Hall–Kier alpha value is -0.840. The first-order valence-electron chi connectivity index (χ1n) is 5.39. The molecule has 1 aromatic heterocycles. The van der Waals surface area contributed by atoms with Crippen LogP contribution in [0.4, 0.5) is 0 Å². The molecule has 1 fully saturated rings. The van der Waals surface area contributed by atoms with Crippen molar-refractivity contribution in [1.82, 2.24) is 4.90 Å². The van der Waals surface area contributed by atoms with Crippen molar-refractivity contribution in [2.45, 2.75) is 25.7 Å². The van der Waals surface area contributed by atoms with Crippen LogP contribution in [0.3, 0.4) is 0 Å². The van der Waals surface area contributed by atoms with Gasteiger partial charge in [-0.25, -0.2) is 0 Å². The maximum absolute atomic E-state index is 9.09. The molecular weight excluding hydrogens is 194 g/mol. The molecule has 0 saturated carbocycles. The topological polar surface area (TPSA) is 45.8 Å². The molecule has 4 heteroatoms. The Morgan fingerprint density at radius 1 is 1.60 bits per heavy atom. The van der Waals surface area contributed by atoms with Crippen LogP contribution in [0.1, 0.15) is 25.3 Å². The largest absolute Gasteiger partial charge is 0.465 e. The first kappa shape index (κ1) is 10.7. The molecule has 2 heterocycles. The monoisotopic (exact) mass is 211 g/mol. The number of nitrogens with zero attached hydrogens (tertiary/aromatic N) is 1. The SMILES string of the molecule is CCCN1CC(CO)OC1c1ccco1. The Morgan fingerprint density at radius 2 is 2.47 bits per heavy atom. The fraction of sp³-hybridized carbons (Fsp3) is 0.636. The highest BCUT2D eigenvalue weighted by Gasteiger charge is 2.34. The second kappa shape index (κ2) is 4.79. The fourth-order valence-electron chi connectivity index (χ4n) is 1.94. The Balaban J connectivity index is 2.08. The van der Waals surface area contributed by atoms with Gasteiger partial charge in [0, 0.05) is 13.1 Å². The minimum atomic E-state index is -0.128. The maximum Gasteiger partial charge on any atom is 0.170 e. The number of hydrogen-bond donors (Lipinski definition) is 1. The third-order valence-electron chi connectivity index (χ3n) is 2.59. The minimum Gasteiger partial charge on any atom is -0.465 e. The molecule has 1 N–H and O–H groups in total. The Bertz CT molecular complexity index is 286. The first-order valence-corrected chi connectivity index (χ1v) is 5.39. The number of aliphatic hydroxyl groups is 1. The van der Waals surface area contributed by atoms with Crippen molar-refractivity contribution in [3.63, 3.8) is 0 Å². The summed E-state index contributed by atoms with van der Waals surface area (Å²) in [6, 6.07) is 3.77. The second-order valence-corrected chi connectivity index (χ2v) is 3.80. The van der Waals surface area contributed by atoms with E-state index in [1.807, 2.05) is 12.1 Å². The first-order chi connectivity index (χ1) is 7.35. The predicted octanol–water partition coefficient (Wildman–Crippen LogP) is 1.38. The summed E-state index contributed by atoms with van der Waals surface area (Å²) in [5.74, 6) is 0.819. The molecule has 0 amide bonds. The number of aliphatic hydroxyl groups excluding tert-OH is 1. The molecule has 1 aliphatic heterocycles. The third kappa shape index (κ3) is 2.22. The zero-order valence-electron chi connectivity index (χ0n) is 8.93. The van der Waals surface area contributed by atoms with E-state index >= 15 is 0 Å². The lowest BCUT2D eigenvalue weighted by Gasteiger charge is -2.19. The highest BCUT2D eigenvalue weighted by atomic mass is 16.5. The van der Waals surface area contributed by atoms with E-state index in [1.165, 1.54) is 0 Å². The van der Waals surface area contributed by atoms with Crippen LogP contribution in [0, 0.1) is 0 Å². The second-order valence-electron chi connectivity index (χ2n) is 3.80. The molecule has 0 bridgehead atoms. The van der Waals surface area contributed by atoms with Gasteiger partial charge in [-0.1, -0.05) is 6.92 Å². The smallest absolute Gasteiger partial charge is 0.170 e. The van der Waals surface area contributed by atoms with Crippen molar-refractivity contribution in [2.75, 3.05) is 19.7 Å². The molecule has 84 valence electrons. The summed E-state index contributed by atoms with van der Waals surface area (Å²) >= 11 is 0. The quantitative estimate of drug-likeness (QED) is 0.817. The Labute approximate surface area is 89.4 Å². The molecule has 0 radical (unpaired) electrons. The standard InChI is InChI=1S/C11H17NO3/c1-2-5-12-7-9(8-13)15-11(12)10-4-3-6-14-10/h3-4,6,9,11,13H,2,5,7-8H2,1H3. The van der Waals surface area contributed by atoms with Crippen molar-refractivity contribution in [3.8, 4) is 0 Å². The zero-order valence-corrected chi connectivity index (χ0v) is 8.93. The minimum absolute atomic E-state index is 0.0669. The molecular formula is C11H17NO3. The molecule has 1 aromatic rings. The molecule has 2 unspecified atom stereocenters. The van der Waals surface area contributed by atoms with Gasteiger partial charge in [-0.05, 0) is 18.6 Å². The van der Waals surface area contributed by atoms with E-state index in [-0.39, 0.29) is 18.9 Å². The average molecular weight is 211 g/mol. The van der Waals surface area contributed by atoms with E-state index in [2.05, 4.69) is 11.8 Å². The van der Waals surface area contributed by atoms with Crippen LogP contribution in [0.25, 0.3) is 0 Å². The van der Waals surface area contributed by atoms with Gasteiger partial charge in [0.15, 0.2) is 6.23 Å². The van der Waals surface area contributed by atoms with Crippen LogP contribution in [0.5, 0.6) is 0 Å². The molecule has 0 aliphatic carbocycles. The Morgan fingerprint density at radius 3 is 3.07 bits per heavy atom. The van der Waals surface area contributed by atoms with Crippen LogP contribution in [-0.4, -0.2) is 35.8 Å². The van der Waals surface area contributed by atoms with E-state index < -0.39 is 0 Å². The summed E-state index contributed by atoms with van der Waals surface area (Å²) in [6.45, 7) is 3.93. The van der Waals surface area contributed by atoms with Gasteiger partial charge in [0.2, 0.25) is 0 Å². The summed E-state index contributed by atoms with van der Waals surface area (Å²) < 4.78 is 11.0. The summed E-state index contributed by atoms with van der Waals surface area (Å²) in [5, 5.41) is 9.09. The molecule has 2 atom stereocenters. The molecule has 0 aromatic carbocycles. The van der Waals surface area contributed by atoms with E-state index in [0.717, 1.165) is 25.3 Å². The van der Waals surface area contributed by atoms with Crippen LogP contribution in [0.15, 0.2) is 22.8 Å². The van der Waals surface area contributed by atoms with Crippen molar-refractivity contribution < 1.29 is 14.3 Å². The van der Waals surface area contributed by atoms with Crippen molar-refractivity contribution >= 4 is 0 Å². The van der Waals surface area contributed by atoms with Gasteiger partial charge in [0.05, 0.1) is 19.0 Å². The van der Waals surface area contributed by atoms with E-state index in [9.17, 15) is 0 Å². The number of ether oxygens (including phenoxy) is 1. The third-order valence-corrected chi connectivity index (χ3v) is 2.59. The maximum atomic E-state index is 9.09. The molecule has 4 nitrogen and oxygen atoms in total. The number of hydrogen-bond acceptors (Lipinski definition) is 4. The lowest BCUT2D eigenvalue weighted by molar-refractivity contribution is -0.0312. The van der Waals surface area contributed by atoms with Gasteiger partial charge in [0.1, 0.15) is 5.76 Å². The van der Waals surface area contributed by atoms with Gasteiger partial charge < -0.3 is 14.3 Å². The highest BCUT2D eigenvalue weighted by molar-refractivity contribution is 5.04. The van der Waals surface area contributed by atoms with E-state index in [0.29, 0.717) is 0 Å². The summed E-state index contributed by atoms with van der Waals surface area (Å²) in [5.41, 5.74) is 0. The molecule has 2 rings (SSSR count). The van der Waals surface area contributed by atoms with Gasteiger partial charge in [0.25, 0.3) is 0 Å². The number of furan rings is 1. The average Bonchev–Trinajstić information content (AvgIpc) is 2.85. The van der Waals surface area contributed by atoms with Gasteiger partial charge in [-0.15, -0.1) is 0 Å². The normalized spacial score (nSPS) is 27.3. The molecule has 15 heavy (non-hydrogen) atoms. The molecule has 1 aliphatic rings. The van der Waals surface area contributed by atoms with E-state index in [4.69, 9.17) is 14.3 Å². The fourth-order valence-corrected chi connectivity index (χ4v) is 1.94. The molecule has 1 saturated heterocycles. The lowest BCUT2D eigenvalue weighted by Crippen LogP contribution is -2.26. The van der Waals surface area contributed by atoms with Crippen LogP contribution in [-0.2, 0) is 4.74 Å². The molecule has 0 spiro atoms. The van der Waals surface area contributed by atoms with Gasteiger partial charge in [-0.2, -0.15) is 0 Å². The van der Waals surface area contributed by atoms with E-state index in [1.54, 1.807) is 6.26 Å². The van der Waals surface area contributed by atoms with Crippen molar-refractivity contribution in [3.05, 3.63) is 24.2 Å². The van der Waals surface area contributed by atoms with Crippen molar-refractivity contribution in [1.29, 1.82) is 0 Å². The summed E-state index contributed by atoms with van der Waals surface area (Å²) in [6.07, 6.45) is 2.50. The summed E-state index contributed by atoms with van der Waals surface area (Å²) in [4.78, 5) is 2.19. The lowest BCUT2D eigenvalue weighted by atomic mass is 10.3. The highest BCUT2D eigenvalue weighted by Crippen LogP contribution is 2.30.